The lowest BCUT2D eigenvalue weighted by molar-refractivity contribution is 0.112. The second-order valence-electron chi connectivity index (χ2n) is 4.84. The normalized spacial score (nSPS) is 12.1. The molecule has 1 aromatic heterocycles. The highest BCUT2D eigenvalue weighted by molar-refractivity contribution is 5.76. The van der Waals surface area contributed by atoms with Gasteiger partial charge in [0.15, 0.2) is 6.29 Å². The highest BCUT2D eigenvalue weighted by Crippen LogP contribution is 2.24. The molecule has 0 fully saturated rings. The summed E-state index contributed by atoms with van der Waals surface area (Å²) in [5.41, 5.74) is 1.66. The van der Waals surface area contributed by atoms with Gasteiger partial charge in [-0.1, -0.05) is 13.8 Å². The van der Waals surface area contributed by atoms with Crippen molar-refractivity contribution in [2.24, 2.45) is 0 Å². The second-order valence-corrected chi connectivity index (χ2v) is 4.84. The van der Waals surface area contributed by atoms with Crippen molar-refractivity contribution in [3.8, 4) is 0 Å². The molecule has 0 bridgehead atoms. The van der Waals surface area contributed by atoms with Crippen molar-refractivity contribution in [3.05, 3.63) is 17.5 Å². The van der Waals surface area contributed by atoms with Gasteiger partial charge < -0.3 is 0 Å². The fourth-order valence-corrected chi connectivity index (χ4v) is 1.57. The number of rotatable bonds is 2. The summed E-state index contributed by atoms with van der Waals surface area (Å²) in [4.78, 5) is 10.8. The van der Waals surface area contributed by atoms with E-state index in [0.29, 0.717) is 11.5 Å². The molecule has 14 heavy (non-hydrogen) atoms. The average molecular weight is 194 g/mol. The minimum atomic E-state index is -0.0686. The van der Waals surface area contributed by atoms with Gasteiger partial charge in [0.05, 0.1) is 23.0 Å². The van der Waals surface area contributed by atoms with Crippen LogP contribution in [0.3, 0.4) is 0 Å². The largest absolute Gasteiger partial charge is 0.298 e. The van der Waals surface area contributed by atoms with Gasteiger partial charge in [-0.05, 0) is 26.7 Å². The third kappa shape index (κ3) is 1.86. The van der Waals surface area contributed by atoms with Crippen molar-refractivity contribution >= 4 is 6.29 Å². The van der Waals surface area contributed by atoms with Crippen molar-refractivity contribution < 1.29 is 4.79 Å². The van der Waals surface area contributed by atoms with E-state index in [1.165, 1.54) is 0 Å². The van der Waals surface area contributed by atoms with Gasteiger partial charge in [-0.15, -0.1) is 0 Å². The Morgan fingerprint density at radius 2 is 2.00 bits per heavy atom. The fourth-order valence-electron chi connectivity index (χ4n) is 1.57. The van der Waals surface area contributed by atoms with Crippen molar-refractivity contribution in [2.45, 2.75) is 46.1 Å². The highest BCUT2D eigenvalue weighted by atomic mass is 16.1. The van der Waals surface area contributed by atoms with Crippen LogP contribution in [0.25, 0.3) is 0 Å². The summed E-state index contributed by atoms with van der Waals surface area (Å²) in [6.07, 6.45) is 2.53. The summed E-state index contributed by atoms with van der Waals surface area (Å²) in [6, 6.07) is 0. The standard InChI is InChI=1S/C11H18N2O/c1-8(2)10-9(7-14)6-12-13(10)11(3,4)5/h6-8H,1-5H3. The molecule has 1 aromatic rings. The molecule has 1 rings (SSSR count). The first kappa shape index (κ1) is 11.0. The fraction of sp³-hybridized carbons (Fsp3) is 0.636. The number of aldehydes is 1. The number of aromatic nitrogens is 2. The molecular weight excluding hydrogens is 176 g/mol. The number of nitrogens with zero attached hydrogens (tertiary/aromatic N) is 2. The Balaban J connectivity index is 3.32. The smallest absolute Gasteiger partial charge is 0.153 e. The lowest BCUT2D eigenvalue weighted by Crippen LogP contribution is -2.26. The SMILES string of the molecule is CC(C)c1c(C=O)cnn1C(C)(C)C. The van der Waals surface area contributed by atoms with Crippen LogP contribution in [0.4, 0.5) is 0 Å². The number of hydrogen-bond acceptors (Lipinski definition) is 2. The van der Waals surface area contributed by atoms with E-state index in [2.05, 4.69) is 39.7 Å². The van der Waals surface area contributed by atoms with Crippen LogP contribution in [0.5, 0.6) is 0 Å². The molecule has 0 N–H and O–H groups in total. The maximum Gasteiger partial charge on any atom is 0.153 e. The second kappa shape index (κ2) is 3.56. The summed E-state index contributed by atoms with van der Waals surface area (Å²) in [6.45, 7) is 10.4. The molecule has 3 nitrogen and oxygen atoms in total. The zero-order valence-electron chi connectivity index (χ0n) is 9.53. The van der Waals surface area contributed by atoms with Crippen LogP contribution in [0, 0.1) is 0 Å². The summed E-state index contributed by atoms with van der Waals surface area (Å²) >= 11 is 0. The topological polar surface area (TPSA) is 34.9 Å². The monoisotopic (exact) mass is 194 g/mol. The van der Waals surface area contributed by atoms with E-state index in [1.807, 2.05) is 4.68 Å². The van der Waals surface area contributed by atoms with E-state index in [-0.39, 0.29) is 5.54 Å². The Kier molecular flexibility index (Phi) is 2.79. The highest BCUT2D eigenvalue weighted by Gasteiger charge is 2.22. The van der Waals surface area contributed by atoms with Gasteiger partial charge in [0.25, 0.3) is 0 Å². The summed E-state index contributed by atoms with van der Waals surface area (Å²) in [7, 11) is 0. The minimum absolute atomic E-state index is 0.0686. The molecule has 0 amide bonds. The van der Waals surface area contributed by atoms with Crippen LogP contribution in [0.15, 0.2) is 6.20 Å². The van der Waals surface area contributed by atoms with Crippen LogP contribution in [0.1, 0.15) is 56.6 Å². The molecule has 1 heterocycles. The van der Waals surface area contributed by atoms with E-state index < -0.39 is 0 Å². The van der Waals surface area contributed by atoms with Gasteiger partial charge in [0.2, 0.25) is 0 Å². The van der Waals surface area contributed by atoms with Crippen molar-refractivity contribution in [1.29, 1.82) is 0 Å². The molecule has 0 aliphatic carbocycles. The van der Waals surface area contributed by atoms with Crippen molar-refractivity contribution in [3.63, 3.8) is 0 Å². The van der Waals surface area contributed by atoms with E-state index in [4.69, 9.17) is 0 Å². The molecule has 0 atom stereocenters. The first-order valence-corrected chi connectivity index (χ1v) is 4.91. The summed E-state index contributed by atoms with van der Waals surface area (Å²) in [5.74, 6) is 0.317. The third-order valence-electron chi connectivity index (χ3n) is 2.15. The van der Waals surface area contributed by atoms with Crippen LogP contribution in [0.2, 0.25) is 0 Å². The van der Waals surface area contributed by atoms with Crippen LogP contribution in [-0.4, -0.2) is 16.1 Å². The van der Waals surface area contributed by atoms with Crippen molar-refractivity contribution in [1.82, 2.24) is 9.78 Å². The molecule has 3 heteroatoms. The van der Waals surface area contributed by atoms with Gasteiger partial charge in [0.1, 0.15) is 0 Å². The number of hydrogen-bond donors (Lipinski definition) is 0. The summed E-state index contributed by atoms with van der Waals surface area (Å²) < 4.78 is 1.93. The van der Waals surface area contributed by atoms with Crippen LogP contribution < -0.4 is 0 Å². The Hall–Kier alpha value is -1.12. The van der Waals surface area contributed by atoms with Gasteiger partial charge in [-0.3, -0.25) is 9.48 Å². The van der Waals surface area contributed by atoms with Gasteiger partial charge in [0, 0.05) is 0 Å². The molecule has 0 aliphatic rings. The Morgan fingerprint density at radius 3 is 2.36 bits per heavy atom. The molecule has 0 saturated heterocycles. The van der Waals surface area contributed by atoms with Gasteiger partial charge in [-0.2, -0.15) is 5.10 Å². The minimum Gasteiger partial charge on any atom is -0.298 e. The van der Waals surface area contributed by atoms with Gasteiger partial charge in [-0.25, -0.2) is 0 Å². The Bertz CT molecular complexity index is 332. The number of carbonyl (C=O) groups is 1. The predicted molar refractivity (Wildman–Crippen MR) is 56.7 cm³/mol. The Morgan fingerprint density at radius 1 is 1.43 bits per heavy atom. The molecular formula is C11H18N2O. The van der Waals surface area contributed by atoms with Gasteiger partial charge >= 0.3 is 0 Å². The zero-order valence-corrected chi connectivity index (χ0v) is 9.53. The Labute approximate surface area is 85.1 Å². The van der Waals surface area contributed by atoms with E-state index in [1.54, 1.807) is 6.20 Å². The first-order valence-electron chi connectivity index (χ1n) is 4.91. The van der Waals surface area contributed by atoms with E-state index in [0.717, 1.165) is 12.0 Å². The molecule has 0 aromatic carbocycles. The van der Waals surface area contributed by atoms with E-state index in [9.17, 15) is 4.79 Å². The molecule has 0 radical (unpaired) electrons. The molecule has 0 unspecified atom stereocenters. The molecule has 0 aliphatic heterocycles. The number of carbonyl (C=O) groups excluding carboxylic acids is 1. The zero-order chi connectivity index (χ0) is 10.9. The quantitative estimate of drug-likeness (QED) is 0.678. The van der Waals surface area contributed by atoms with Crippen LogP contribution >= 0.6 is 0 Å². The van der Waals surface area contributed by atoms with Crippen LogP contribution in [-0.2, 0) is 5.54 Å². The molecule has 78 valence electrons. The lowest BCUT2D eigenvalue weighted by Gasteiger charge is -2.24. The lowest BCUT2D eigenvalue weighted by atomic mass is 10.0. The van der Waals surface area contributed by atoms with Crippen molar-refractivity contribution in [2.75, 3.05) is 0 Å². The molecule has 0 saturated carbocycles. The average Bonchev–Trinajstić information content (AvgIpc) is 2.45. The van der Waals surface area contributed by atoms with E-state index >= 15 is 0 Å². The molecule has 0 spiro atoms. The first-order chi connectivity index (χ1) is 6.38. The maximum atomic E-state index is 10.8. The third-order valence-corrected chi connectivity index (χ3v) is 2.15. The summed E-state index contributed by atoms with van der Waals surface area (Å²) in [5, 5.41) is 4.26. The predicted octanol–water partition coefficient (Wildman–Crippen LogP) is 2.57. The maximum absolute atomic E-state index is 10.8.